The van der Waals surface area contributed by atoms with Gasteiger partial charge in [0.15, 0.2) is 0 Å². The molecule has 2 N–H and O–H groups in total. The molecule has 0 unspecified atom stereocenters. The van der Waals surface area contributed by atoms with Crippen LogP contribution in [0.25, 0.3) is 10.9 Å². The molecule has 1 heterocycles. The Balaban J connectivity index is 1.58. The van der Waals surface area contributed by atoms with Crippen LogP contribution in [0.15, 0.2) is 54.7 Å². The summed E-state index contributed by atoms with van der Waals surface area (Å²) in [6.07, 6.45) is 1.97. The highest BCUT2D eigenvalue weighted by atomic mass is 16.5. The maximum absolute atomic E-state index is 5.52. The molecule has 1 aromatic heterocycles. The summed E-state index contributed by atoms with van der Waals surface area (Å²) < 4.78 is 5.52. The zero-order valence-corrected chi connectivity index (χ0v) is 12.2. The van der Waals surface area contributed by atoms with Gasteiger partial charge in [-0.25, -0.2) is 0 Å². The number of hydrogen-bond acceptors (Lipinski definition) is 2. The van der Waals surface area contributed by atoms with Gasteiger partial charge in [-0.05, 0) is 53.8 Å². The van der Waals surface area contributed by atoms with E-state index >= 15 is 0 Å². The molecule has 3 rings (SSSR count). The fraction of sp³-hybridized carbons (Fsp3) is 0.222. The number of benzene rings is 2. The van der Waals surface area contributed by atoms with Crippen LogP contribution in [-0.2, 0) is 13.1 Å². The van der Waals surface area contributed by atoms with E-state index < -0.39 is 0 Å². The van der Waals surface area contributed by atoms with E-state index in [-0.39, 0.29) is 0 Å². The molecule has 108 valence electrons. The highest BCUT2D eigenvalue weighted by molar-refractivity contribution is 5.79. The van der Waals surface area contributed by atoms with E-state index in [4.69, 9.17) is 4.74 Å². The van der Waals surface area contributed by atoms with E-state index in [2.05, 4.69) is 46.7 Å². The molecule has 0 saturated heterocycles. The van der Waals surface area contributed by atoms with E-state index in [1.165, 1.54) is 22.0 Å². The first kappa shape index (κ1) is 13.7. The van der Waals surface area contributed by atoms with Crippen LogP contribution in [0.3, 0.4) is 0 Å². The maximum atomic E-state index is 5.52. The highest BCUT2D eigenvalue weighted by Gasteiger charge is 1.99. The number of hydrogen-bond donors (Lipinski definition) is 2. The molecule has 0 amide bonds. The van der Waals surface area contributed by atoms with Crippen molar-refractivity contribution < 1.29 is 4.74 Å². The zero-order chi connectivity index (χ0) is 14.5. The van der Waals surface area contributed by atoms with Crippen LogP contribution in [0.2, 0.25) is 0 Å². The Morgan fingerprint density at radius 1 is 1.00 bits per heavy atom. The Labute approximate surface area is 125 Å². The predicted molar refractivity (Wildman–Crippen MR) is 86.5 cm³/mol. The van der Waals surface area contributed by atoms with Gasteiger partial charge in [0.05, 0.1) is 6.61 Å². The van der Waals surface area contributed by atoms with Crippen LogP contribution in [-0.4, -0.2) is 11.6 Å². The first-order valence-corrected chi connectivity index (χ1v) is 7.33. The first-order chi connectivity index (χ1) is 10.3. The summed E-state index contributed by atoms with van der Waals surface area (Å²) in [6, 6.07) is 16.8. The van der Waals surface area contributed by atoms with Gasteiger partial charge >= 0.3 is 0 Å². The van der Waals surface area contributed by atoms with Crippen molar-refractivity contribution >= 4 is 10.9 Å². The molecule has 3 heteroatoms. The van der Waals surface area contributed by atoms with Gasteiger partial charge in [0.25, 0.3) is 0 Å². The molecule has 3 nitrogen and oxygen atoms in total. The van der Waals surface area contributed by atoms with Gasteiger partial charge in [0, 0.05) is 24.8 Å². The lowest BCUT2D eigenvalue weighted by molar-refractivity contribution is 0.340. The average Bonchev–Trinajstić information content (AvgIpc) is 2.96. The molecule has 2 aromatic carbocycles. The van der Waals surface area contributed by atoms with Crippen molar-refractivity contribution in [3.63, 3.8) is 0 Å². The number of rotatable bonds is 6. The Bertz CT molecular complexity index is 718. The van der Waals surface area contributed by atoms with Crippen molar-refractivity contribution in [1.82, 2.24) is 10.3 Å². The maximum Gasteiger partial charge on any atom is 0.119 e. The third-order valence-electron chi connectivity index (χ3n) is 3.49. The van der Waals surface area contributed by atoms with Gasteiger partial charge in [-0.1, -0.05) is 18.2 Å². The van der Waals surface area contributed by atoms with Crippen molar-refractivity contribution in [3.8, 4) is 5.75 Å². The minimum Gasteiger partial charge on any atom is -0.494 e. The van der Waals surface area contributed by atoms with Crippen molar-refractivity contribution in [3.05, 3.63) is 65.9 Å². The van der Waals surface area contributed by atoms with Gasteiger partial charge in [-0.2, -0.15) is 0 Å². The Morgan fingerprint density at radius 2 is 1.86 bits per heavy atom. The third-order valence-corrected chi connectivity index (χ3v) is 3.49. The number of fused-ring (bicyclic) bond motifs is 1. The Morgan fingerprint density at radius 3 is 2.71 bits per heavy atom. The van der Waals surface area contributed by atoms with Crippen LogP contribution in [0.1, 0.15) is 18.1 Å². The highest BCUT2D eigenvalue weighted by Crippen LogP contribution is 2.15. The summed E-state index contributed by atoms with van der Waals surface area (Å²) in [5, 5.41) is 4.74. The molecule has 0 aliphatic rings. The first-order valence-electron chi connectivity index (χ1n) is 7.33. The smallest absolute Gasteiger partial charge is 0.119 e. The summed E-state index contributed by atoms with van der Waals surface area (Å²) in [6.45, 7) is 4.40. The molecule has 0 radical (unpaired) electrons. The zero-order valence-electron chi connectivity index (χ0n) is 12.2. The van der Waals surface area contributed by atoms with Crippen molar-refractivity contribution in [2.75, 3.05) is 6.61 Å². The summed E-state index contributed by atoms with van der Waals surface area (Å²) in [5.74, 6) is 0.936. The molecule has 0 aliphatic carbocycles. The molecule has 0 atom stereocenters. The van der Waals surface area contributed by atoms with Gasteiger partial charge in [-0.15, -0.1) is 0 Å². The topological polar surface area (TPSA) is 37.0 Å². The number of aromatic nitrogens is 1. The van der Waals surface area contributed by atoms with Gasteiger partial charge in [0.1, 0.15) is 5.75 Å². The molecule has 21 heavy (non-hydrogen) atoms. The number of aromatic amines is 1. The lowest BCUT2D eigenvalue weighted by Gasteiger charge is -2.08. The van der Waals surface area contributed by atoms with Crippen LogP contribution < -0.4 is 10.1 Å². The van der Waals surface area contributed by atoms with E-state index in [1.54, 1.807) is 0 Å². The standard InChI is InChI=1S/C18H20N2O/c1-2-21-17-5-3-4-14(11-17)12-19-13-15-6-7-18-16(10-15)8-9-20-18/h3-11,19-20H,2,12-13H2,1H3. The van der Waals surface area contributed by atoms with Crippen LogP contribution in [0.5, 0.6) is 5.75 Å². The Kier molecular flexibility index (Phi) is 4.22. The lowest BCUT2D eigenvalue weighted by Crippen LogP contribution is -2.12. The molecule has 0 aliphatic heterocycles. The molecular weight excluding hydrogens is 260 g/mol. The normalized spacial score (nSPS) is 10.9. The third kappa shape index (κ3) is 3.44. The van der Waals surface area contributed by atoms with Gasteiger partial charge < -0.3 is 15.0 Å². The molecule has 0 spiro atoms. The molecule has 3 aromatic rings. The van der Waals surface area contributed by atoms with E-state index in [0.29, 0.717) is 6.61 Å². The minimum atomic E-state index is 0.702. The second-order valence-electron chi connectivity index (χ2n) is 5.08. The monoisotopic (exact) mass is 280 g/mol. The van der Waals surface area contributed by atoms with Crippen LogP contribution in [0.4, 0.5) is 0 Å². The predicted octanol–water partition coefficient (Wildman–Crippen LogP) is 3.86. The number of nitrogens with one attached hydrogen (secondary N) is 2. The van der Waals surface area contributed by atoms with E-state index in [9.17, 15) is 0 Å². The van der Waals surface area contributed by atoms with E-state index in [0.717, 1.165) is 18.8 Å². The quantitative estimate of drug-likeness (QED) is 0.719. The van der Waals surface area contributed by atoms with Gasteiger partial charge in [-0.3, -0.25) is 0 Å². The second kappa shape index (κ2) is 6.46. The summed E-state index contributed by atoms with van der Waals surface area (Å²) in [4.78, 5) is 3.21. The molecule has 0 fully saturated rings. The molecule has 0 bridgehead atoms. The number of ether oxygens (including phenoxy) is 1. The molecule has 0 saturated carbocycles. The van der Waals surface area contributed by atoms with Crippen molar-refractivity contribution in [2.24, 2.45) is 0 Å². The van der Waals surface area contributed by atoms with Crippen LogP contribution >= 0.6 is 0 Å². The summed E-state index contributed by atoms with van der Waals surface area (Å²) in [5.41, 5.74) is 3.72. The van der Waals surface area contributed by atoms with Crippen molar-refractivity contribution in [1.29, 1.82) is 0 Å². The SMILES string of the molecule is CCOc1cccc(CNCc2ccc3[nH]ccc3c2)c1. The fourth-order valence-corrected chi connectivity index (χ4v) is 2.48. The lowest BCUT2D eigenvalue weighted by atomic mass is 10.1. The summed E-state index contributed by atoms with van der Waals surface area (Å²) >= 11 is 0. The summed E-state index contributed by atoms with van der Waals surface area (Å²) in [7, 11) is 0. The average molecular weight is 280 g/mol. The van der Waals surface area contributed by atoms with Crippen LogP contribution in [0, 0.1) is 0 Å². The van der Waals surface area contributed by atoms with Crippen molar-refractivity contribution in [2.45, 2.75) is 20.0 Å². The fourth-order valence-electron chi connectivity index (χ4n) is 2.48. The Hall–Kier alpha value is -2.26. The minimum absolute atomic E-state index is 0.702. The van der Waals surface area contributed by atoms with Gasteiger partial charge in [0.2, 0.25) is 0 Å². The second-order valence-corrected chi connectivity index (χ2v) is 5.08. The molecular formula is C18H20N2O. The largest absolute Gasteiger partial charge is 0.494 e. The van der Waals surface area contributed by atoms with E-state index in [1.807, 2.05) is 25.3 Å². The number of H-pyrrole nitrogens is 1.